The Morgan fingerprint density at radius 2 is 1.48 bits per heavy atom. The summed E-state index contributed by atoms with van der Waals surface area (Å²) in [6, 6.07) is 7.35. The van der Waals surface area contributed by atoms with E-state index < -0.39 is 30.1 Å². The minimum Gasteiger partial charge on any atom is -0.480 e. The van der Waals surface area contributed by atoms with E-state index in [2.05, 4.69) is 10.6 Å². The second-order valence-electron chi connectivity index (χ2n) is 7.42. The Labute approximate surface area is 160 Å². The van der Waals surface area contributed by atoms with Crippen LogP contribution in [0.1, 0.15) is 46.1 Å². The van der Waals surface area contributed by atoms with E-state index in [9.17, 15) is 19.5 Å². The zero-order chi connectivity index (χ0) is 20.4. The van der Waals surface area contributed by atoms with Crippen molar-refractivity contribution in [2.45, 2.75) is 59.2 Å². The van der Waals surface area contributed by atoms with Gasteiger partial charge < -0.3 is 20.5 Å². The molecule has 27 heavy (non-hydrogen) atoms. The van der Waals surface area contributed by atoms with Gasteiger partial charge in [-0.05, 0) is 30.2 Å². The maximum atomic E-state index is 12.5. The Kier molecular flexibility index (Phi) is 9.33. The molecule has 7 nitrogen and oxygen atoms in total. The summed E-state index contributed by atoms with van der Waals surface area (Å²) in [6.07, 6.45) is -0.0239. The number of carboxylic acids is 1. The average molecular weight is 378 g/mol. The first-order chi connectivity index (χ1) is 12.7. The Morgan fingerprint density at radius 3 is 2.00 bits per heavy atom. The maximum Gasteiger partial charge on any atom is 0.408 e. The third-order valence-corrected chi connectivity index (χ3v) is 3.85. The number of rotatable bonds is 10. The Hall–Kier alpha value is -2.57. The summed E-state index contributed by atoms with van der Waals surface area (Å²) < 4.78 is 5.16. The van der Waals surface area contributed by atoms with Crippen molar-refractivity contribution in [3.8, 4) is 0 Å². The number of benzene rings is 1. The van der Waals surface area contributed by atoms with Crippen LogP contribution in [0, 0.1) is 11.8 Å². The molecule has 0 spiro atoms. The Morgan fingerprint density at radius 1 is 0.926 bits per heavy atom. The lowest BCUT2D eigenvalue weighted by Gasteiger charge is -2.23. The molecular formula is C20H30N2O5. The molecule has 3 N–H and O–H groups in total. The van der Waals surface area contributed by atoms with Gasteiger partial charge in [0, 0.05) is 0 Å². The van der Waals surface area contributed by atoms with Crippen molar-refractivity contribution in [2.75, 3.05) is 0 Å². The number of carbonyl (C=O) groups excluding carboxylic acids is 2. The first-order valence-electron chi connectivity index (χ1n) is 9.19. The summed E-state index contributed by atoms with van der Waals surface area (Å²) in [5, 5.41) is 14.4. The summed E-state index contributed by atoms with van der Waals surface area (Å²) in [5.74, 6) is -1.37. The Bertz CT molecular complexity index is 616. The van der Waals surface area contributed by atoms with Crippen LogP contribution in [-0.2, 0) is 20.9 Å². The molecule has 0 aliphatic carbocycles. The largest absolute Gasteiger partial charge is 0.480 e. The number of carboxylic acid groups (broad SMARTS) is 1. The molecule has 1 rings (SSSR count). The smallest absolute Gasteiger partial charge is 0.408 e. The van der Waals surface area contributed by atoms with E-state index >= 15 is 0 Å². The molecule has 0 saturated carbocycles. The van der Waals surface area contributed by atoms with Gasteiger partial charge in [0.1, 0.15) is 18.7 Å². The van der Waals surface area contributed by atoms with E-state index in [1.807, 2.05) is 58.0 Å². The molecule has 0 aliphatic heterocycles. The number of aliphatic carboxylic acids is 1. The van der Waals surface area contributed by atoms with Crippen LogP contribution in [0.5, 0.6) is 0 Å². The number of carbonyl (C=O) groups is 3. The van der Waals surface area contributed by atoms with Crippen LogP contribution in [0.15, 0.2) is 30.3 Å². The SMILES string of the molecule is CC(C)CC(NC(=O)OCc1ccccc1)C(=O)N[C@H](CC(C)C)C(=O)O. The van der Waals surface area contributed by atoms with Gasteiger partial charge >= 0.3 is 12.1 Å². The summed E-state index contributed by atoms with van der Waals surface area (Å²) in [5.41, 5.74) is 0.834. The van der Waals surface area contributed by atoms with E-state index in [1.54, 1.807) is 0 Å². The molecule has 0 heterocycles. The second kappa shape index (κ2) is 11.2. The fraction of sp³-hybridized carbons (Fsp3) is 0.550. The lowest BCUT2D eigenvalue weighted by atomic mass is 10.0. The van der Waals surface area contributed by atoms with Crippen molar-refractivity contribution >= 4 is 18.0 Å². The fourth-order valence-corrected chi connectivity index (χ4v) is 2.58. The maximum absolute atomic E-state index is 12.5. The molecule has 2 atom stereocenters. The van der Waals surface area contributed by atoms with Crippen LogP contribution in [0.2, 0.25) is 0 Å². The highest BCUT2D eigenvalue weighted by Gasteiger charge is 2.28. The van der Waals surface area contributed by atoms with Crippen molar-refractivity contribution in [3.05, 3.63) is 35.9 Å². The minimum atomic E-state index is -1.09. The number of hydrogen-bond acceptors (Lipinski definition) is 4. The van der Waals surface area contributed by atoms with Gasteiger partial charge in [0.2, 0.25) is 5.91 Å². The van der Waals surface area contributed by atoms with E-state index in [1.165, 1.54) is 0 Å². The van der Waals surface area contributed by atoms with Gasteiger partial charge in [0.05, 0.1) is 0 Å². The highest BCUT2D eigenvalue weighted by atomic mass is 16.5. The highest BCUT2D eigenvalue weighted by Crippen LogP contribution is 2.09. The monoisotopic (exact) mass is 378 g/mol. The summed E-state index contributed by atoms with van der Waals surface area (Å²) in [7, 11) is 0. The van der Waals surface area contributed by atoms with Gasteiger partial charge in [-0.1, -0.05) is 58.0 Å². The van der Waals surface area contributed by atoms with E-state index in [-0.39, 0.29) is 18.4 Å². The van der Waals surface area contributed by atoms with Crippen molar-refractivity contribution in [1.29, 1.82) is 0 Å². The summed E-state index contributed by atoms with van der Waals surface area (Å²) >= 11 is 0. The number of hydrogen-bond donors (Lipinski definition) is 3. The Balaban J connectivity index is 2.68. The van der Waals surface area contributed by atoms with Crippen molar-refractivity contribution in [1.82, 2.24) is 10.6 Å². The number of amides is 2. The predicted octanol–water partition coefficient (Wildman–Crippen LogP) is 2.94. The van der Waals surface area contributed by atoms with Crippen LogP contribution in [0.25, 0.3) is 0 Å². The molecule has 0 aromatic heterocycles. The van der Waals surface area contributed by atoms with Crippen LogP contribution < -0.4 is 10.6 Å². The molecule has 1 aromatic rings. The third-order valence-electron chi connectivity index (χ3n) is 3.85. The van der Waals surface area contributed by atoms with Gasteiger partial charge in [0.15, 0.2) is 0 Å². The molecule has 7 heteroatoms. The van der Waals surface area contributed by atoms with Crippen molar-refractivity contribution < 1.29 is 24.2 Å². The number of alkyl carbamates (subject to hydrolysis) is 1. The zero-order valence-electron chi connectivity index (χ0n) is 16.4. The minimum absolute atomic E-state index is 0.0911. The second-order valence-corrected chi connectivity index (χ2v) is 7.42. The fourth-order valence-electron chi connectivity index (χ4n) is 2.58. The summed E-state index contributed by atoms with van der Waals surface area (Å²) in [6.45, 7) is 7.69. The van der Waals surface area contributed by atoms with Gasteiger partial charge in [-0.25, -0.2) is 9.59 Å². The summed E-state index contributed by atoms with van der Waals surface area (Å²) in [4.78, 5) is 36.0. The lowest BCUT2D eigenvalue weighted by molar-refractivity contribution is -0.142. The molecule has 0 bridgehead atoms. The molecule has 1 aromatic carbocycles. The van der Waals surface area contributed by atoms with E-state index in [4.69, 9.17) is 4.74 Å². The van der Waals surface area contributed by atoms with Crippen LogP contribution in [-0.4, -0.2) is 35.2 Å². The standard InChI is InChI=1S/C20H30N2O5/c1-13(2)10-16(18(23)21-17(19(24)25)11-14(3)4)22-20(26)27-12-15-8-6-5-7-9-15/h5-9,13-14,16-17H,10-12H2,1-4H3,(H,21,23)(H,22,26)(H,24,25)/t16?,17-/m1/s1. The predicted molar refractivity (Wildman–Crippen MR) is 102 cm³/mol. The van der Waals surface area contributed by atoms with Gasteiger partial charge in [0.25, 0.3) is 0 Å². The topological polar surface area (TPSA) is 105 Å². The van der Waals surface area contributed by atoms with E-state index in [0.29, 0.717) is 12.8 Å². The lowest BCUT2D eigenvalue weighted by Crippen LogP contribution is -2.52. The van der Waals surface area contributed by atoms with Crippen molar-refractivity contribution in [3.63, 3.8) is 0 Å². The van der Waals surface area contributed by atoms with Gasteiger partial charge in [-0.15, -0.1) is 0 Å². The molecule has 0 aliphatic rings. The van der Waals surface area contributed by atoms with Crippen LogP contribution >= 0.6 is 0 Å². The quantitative estimate of drug-likeness (QED) is 0.581. The first-order valence-corrected chi connectivity index (χ1v) is 9.19. The van der Waals surface area contributed by atoms with Crippen LogP contribution in [0.3, 0.4) is 0 Å². The molecular weight excluding hydrogens is 348 g/mol. The number of nitrogens with one attached hydrogen (secondary N) is 2. The molecule has 2 amide bonds. The normalized spacial score (nSPS) is 13.1. The molecule has 150 valence electrons. The zero-order valence-corrected chi connectivity index (χ0v) is 16.4. The van der Waals surface area contributed by atoms with Crippen molar-refractivity contribution in [2.24, 2.45) is 11.8 Å². The molecule has 1 unspecified atom stereocenters. The van der Waals surface area contributed by atoms with Crippen LogP contribution in [0.4, 0.5) is 4.79 Å². The molecule has 0 fully saturated rings. The van der Waals surface area contributed by atoms with Gasteiger partial charge in [-0.3, -0.25) is 4.79 Å². The first kappa shape index (κ1) is 22.5. The van der Waals surface area contributed by atoms with E-state index in [0.717, 1.165) is 5.56 Å². The molecule has 0 radical (unpaired) electrons. The highest BCUT2D eigenvalue weighted by molar-refractivity contribution is 5.89. The molecule has 0 saturated heterocycles. The number of ether oxygens (including phenoxy) is 1. The average Bonchev–Trinajstić information content (AvgIpc) is 2.58. The van der Waals surface area contributed by atoms with Gasteiger partial charge in [-0.2, -0.15) is 0 Å². The third kappa shape index (κ3) is 9.08.